The zero-order chi connectivity index (χ0) is 19.3. The lowest BCUT2D eigenvalue weighted by Gasteiger charge is -2.23. The Morgan fingerprint density at radius 2 is 2.00 bits per heavy atom. The number of aliphatic carboxylic acids is 1. The molecule has 142 valence electrons. The van der Waals surface area contributed by atoms with Crippen LogP contribution in [0.5, 0.6) is 0 Å². The second-order valence-electron chi connectivity index (χ2n) is 7.54. The van der Waals surface area contributed by atoms with Crippen LogP contribution in [0.4, 0.5) is 0 Å². The van der Waals surface area contributed by atoms with Crippen molar-refractivity contribution in [3.63, 3.8) is 0 Å². The summed E-state index contributed by atoms with van der Waals surface area (Å²) in [4.78, 5) is 26.3. The fourth-order valence-corrected chi connectivity index (χ4v) is 4.08. The molecule has 27 heavy (non-hydrogen) atoms. The summed E-state index contributed by atoms with van der Waals surface area (Å²) in [6.07, 6.45) is 4.16. The summed E-state index contributed by atoms with van der Waals surface area (Å²) in [6.45, 7) is 4.22. The largest absolute Gasteiger partial charge is 0.481 e. The van der Waals surface area contributed by atoms with Gasteiger partial charge in [-0.25, -0.2) is 4.68 Å². The number of likely N-dealkylation sites (tertiary alicyclic amines) is 1. The number of aryl methyl sites for hydroxylation is 1. The Labute approximate surface area is 162 Å². The number of amides is 1. The van der Waals surface area contributed by atoms with Crippen LogP contribution in [0.1, 0.15) is 53.7 Å². The maximum Gasteiger partial charge on any atom is 0.308 e. The molecule has 1 saturated carbocycles. The van der Waals surface area contributed by atoms with Gasteiger partial charge in [-0.1, -0.05) is 17.7 Å². The number of nitrogens with zero attached hydrogens (tertiary/aromatic N) is 3. The molecule has 1 aliphatic heterocycles. The lowest BCUT2D eigenvalue weighted by atomic mass is 10.0. The van der Waals surface area contributed by atoms with E-state index in [0.29, 0.717) is 29.5 Å². The van der Waals surface area contributed by atoms with E-state index in [9.17, 15) is 14.7 Å². The van der Waals surface area contributed by atoms with E-state index in [4.69, 9.17) is 11.6 Å². The van der Waals surface area contributed by atoms with Gasteiger partial charge in [-0.3, -0.25) is 9.59 Å². The third-order valence-electron chi connectivity index (χ3n) is 5.73. The summed E-state index contributed by atoms with van der Waals surface area (Å²) in [5.74, 6) is -1.17. The molecule has 1 N–H and O–H groups in total. The molecular formula is C20H22ClN3O3. The molecule has 0 bridgehead atoms. The molecule has 1 amide bonds. The smallest absolute Gasteiger partial charge is 0.308 e. The number of carbonyl (C=O) groups excluding carboxylic acids is 1. The van der Waals surface area contributed by atoms with E-state index in [2.05, 4.69) is 5.10 Å². The van der Waals surface area contributed by atoms with Crippen molar-refractivity contribution in [3.05, 3.63) is 46.2 Å². The van der Waals surface area contributed by atoms with Crippen LogP contribution >= 0.6 is 11.6 Å². The summed E-state index contributed by atoms with van der Waals surface area (Å²) >= 11 is 6.28. The zero-order valence-corrected chi connectivity index (χ0v) is 16.1. The van der Waals surface area contributed by atoms with Crippen LogP contribution in [0.15, 0.2) is 24.4 Å². The minimum Gasteiger partial charge on any atom is -0.481 e. The number of hydrogen-bond donors (Lipinski definition) is 1. The van der Waals surface area contributed by atoms with Gasteiger partial charge >= 0.3 is 5.97 Å². The lowest BCUT2D eigenvalue weighted by molar-refractivity contribution is -0.142. The van der Waals surface area contributed by atoms with E-state index < -0.39 is 11.9 Å². The molecular weight excluding hydrogens is 366 g/mol. The maximum absolute atomic E-state index is 13.2. The Morgan fingerprint density at radius 3 is 2.59 bits per heavy atom. The lowest BCUT2D eigenvalue weighted by Crippen LogP contribution is -2.38. The van der Waals surface area contributed by atoms with Gasteiger partial charge in [0.05, 0.1) is 29.1 Å². The van der Waals surface area contributed by atoms with Crippen molar-refractivity contribution in [1.82, 2.24) is 14.7 Å². The average Bonchev–Trinajstić information content (AvgIpc) is 3.25. The van der Waals surface area contributed by atoms with Crippen LogP contribution in [-0.2, 0) is 4.79 Å². The number of aromatic nitrogens is 2. The zero-order valence-electron chi connectivity index (χ0n) is 15.4. The van der Waals surface area contributed by atoms with Crippen LogP contribution < -0.4 is 0 Å². The number of rotatable bonds is 4. The van der Waals surface area contributed by atoms with E-state index in [1.807, 2.05) is 36.7 Å². The van der Waals surface area contributed by atoms with Crippen LogP contribution in [-0.4, -0.2) is 44.3 Å². The summed E-state index contributed by atoms with van der Waals surface area (Å²) < 4.78 is 1.81. The third-order valence-corrected chi connectivity index (χ3v) is 6.14. The first-order valence-electron chi connectivity index (χ1n) is 9.26. The first kappa shape index (κ1) is 18.0. The van der Waals surface area contributed by atoms with Gasteiger partial charge in [-0.15, -0.1) is 0 Å². The minimum absolute atomic E-state index is 0.127. The number of carbonyl (C=O) groups is 2. The Bertz CT molecular complexity index is 919. The highest BCUT2D eigenvalue weighted by Gasteiger charge is 2.41. The van der Waals surface area contributed by atoms with E-state index in [-0.39, 0.29) is 11.9 Å². The van der Waals surface area contributed by atoms with E-state index >= 15 is 0 Å². The Balaban J connectivity index is 1.70. The highest BCUT2D eigenvalue weighted by atomic mass is 35.5. The molecule has 1 saturated heterocycles. The predicted octanol–water partition coefficient (Wildman–Crippen LogP) is 3.65. The molecule has 7 heteroatoms. The quantitative estimate of drug-likeness (QED) is 0.868. The Hall–Kier alpha value is -2.34. The van der Waals surface area contributed by atoms with E-state index in [1.165, 1.54) is 0 Å². The predicted molar refractivity (Wildman–Crippen MR) is 102 cm³/mol. The monoisotopic (exact) mass is 387 g/mol. The Morgan fingerprint density at radius 1 is 1.26 bits per heavy atom. The molecule has 1 aromatic carbocycles. The molecule has 0 spiro atoms. The topological polar surface area (TPSA) is 75.4 Å². The van der Waals surface area contributed by atoms with Crippen molar-refractivity contribution in [1.29, 1.82) is 0 Å². The molecule has 2 fully saturated rings. The number of hydrogen-bond acceptors (Lipinski definition) is 3. The molecule has 2 heterocycles. The summed E-state index contributed by atoms with van der Waals surface area (Å²) in [7, 11) is 0. The fourth-order valence-electron chi connectivity index (χ4n) is 3.90. The van der Waals surface area contributed by atoms with E-state index in [1.54, 1.807) is 11.1 Å². The summed E-state index contributed by atoms with van der Waals surface area (Å²) in [5.41, 5.74) is 3.31. The van der Waals surface area contributed by atoms with Crippen molar-refractivity contribution < 1.29 is 14.7 Å². The van der Waals surface area contributed by atoms with Crippen molar-refractivity contribution in [2.45, 2.75) is 45.1 Å². The van der Waals surface area contributed by atoms with Crippen molar-refractivity contribution in [2.75, 3.05) is 6.54 Å². The highest BCUT2D eigenvalue weighted by Crippen LogP contribution is 2.43. The molecule has 4 rings (SSSR count). The molecule has 1 aromatic heterocycles. The van der Waals surface area contributed by atoms with Gasteiger partial charge in [-0.2, -0.15) is 5.10 Å². The van der Waals surface area contributed by atoms with Gasteiger partial charge in [0, 0.05) is 23.5 Å². The second-order valence-corrected chi connectivity index (χ2v) is 7.94. The first-order chi connectivity index (χ1) is 12.9. The minimum atomic E-state index is -0.842. The van der Waals surface area contributed by atoms with Crippen molar-refractivity contribution >= 4 is 23.5 Å². The highest BCUT2D eigenvalue weighted by molar-refractivity contribution is 6.31. The molecule has 1 aliphatic carbocycles. The maximum atomic E-state index is 13.2. The van der Waals surface area contributed by atoms with Crippen molar-refractivity contribution in [2.24, 2.45) is 5.92 Å². The van der Waals surface area contributed by atoms with Gasteiger partial charge in [0.2, 0.25) is 0 Å². The molecule has 2 unspecified atom stereocenters. The van der Waals surface area contributed by atoms with Gasteiger partial charge < -0.3 is 10.0 Å². The number of carboxylic acids is 1. The number of carboxylic acid groups (broad SMARTS) is 1. The molecule has 2 aromatic rings. The molecule has 6 nitrogen and oxygen atoms in total. The van der Waals surface area contributed by atoms with Crippen LogP contribution in [0.2, 0.25) is 5.02 Å². The van der Waals surface area contributed by atoms with Gasteiger partial charge in [0.25, 0.3) is 5.91 Å². The number of benzene rings is 1. The molecule has 2 atom stereocenters. The molecule has 0 radical (unpaired) electrons. The third kappa shape index (κ3) is 3.12. The number of halogens is 1. The summed E-state index contributed by atoms with van der Waals surface area (Å²) in [5, 5.41) is 14.5. The first-order valence-corrected chi connectivity index (χ1v) is 9.64. The van der Waals surface area contributed by atoms with Crippen LogP contribution in [0, 0.1) is 12.8 Å². The van der Waals surface area contributed by atoms with Gasteiger partial charge in [0.15, 0.2) is 0 Å². The molecule has 2 aliphatic rings. The van der Waals surface area contributed by atoms with Crippen molar-refractivity contribution in [3.8, 4) is 5.69 Å². The van der Waals surface area contributed by atoms with E-state index in [0.717, 1.165) is 29.8 Å². The van der Waals surface area contributed by atoms with Crippen LogP contribution in [0.3, 0.4) is 0 Å². The second kappa shape index (κ2) is 6.68. The normalized spacial score (nSPS) is 22.3. The Kier molecular flexibility index (Phi) is 4.46. The SMILES string of the molecule is Cc1ccc(-n2ncc(C(=O)N3CCC(C(=O)O)C3C)c2C2CC2)cc1Cl. The average molecular weight is 388 g/mol. The van der Waals surface area contributed by atoms with Crippen LogP contribution in [0.25, 0.3) is 5.69 Å². The van der Waals surface area contributed by atoms with Gasteiger partial charge in [-0.05, 0) is 50.8 Å². The van der Waals surface area contributed by atoms with Gasteiger partial charge in [0.1, 0.15) is 0 Å². The standard InChI is InChI=1S/C20H22ClN3O3/c1-11-3-6-14(9-17(11)21)24-18(13-4-5-13)16(10-22-24)19(25)23-8-7-15(12(23)2)20(26)27/h3,6,9-10,12-13,15H,4-5,7-8H2,1-2H3,(H,26,27). The summed E-state index contributed by atoms with van der Waals surface area (Å²) in [6, 6.07) is 5.44. The fraction of sp³-hybridized carbons (Fsp3) is 0.450.